The number of carboxylic acids is 1. The summed E-state index contributed by atoms with van der Waals surface area (Å²) in [5.74, 6) is -1.53. The van der Waals surface area contributed by atoms with Crippen molar-refractivity contribution in [2.45, 2.75) is 96.2 Å². The summed E-state index contributed by atoms with van der Waals surface area (Å²) in [5.41, 5.74) is 0. The molecule has 0 amide bonds. The number of hydrogen-bond acceptors (Lipinski definition) is 4. The van der Waals surface area contributed by atoms with Crippen LogP contribution in [0.4, 0.5) is 0 Å². The van der Waals surface area contributed by atoms with Crippen molar-refractivity contribution in [3.63, 3.8) is 0 Å². The number of rotatable bonds is 18. The predicted molar refractivity (Wildman–Crippen MR) is 117 cm³/mol. The number of aliphatic carboxylic acids is 1. The van der Waals surface area contributed by atoms with Crippen molar-refractivity contribution in [1.82, 2.24) is 0 Å². The predicted octanol–water partition coefficient (Wildman–Crippen LogP) is 4.31. The van der Waals surface area contributed by atoms with Gasteiger partial charge in [-0.2, -0.15) is 0 Å². The smallest absolute Gasteiger partial charge is 0.308 e. The van der Waals surface area contributed by atoms with E-state index >= 15 is 0 Å². The van der Waals surface area contributed by atoms with Gasteiger partial charge in [-0.1, -0.05) is 51.2 Å². The minimum Gasteiger partial charge on any atom is -0.481 e. The SMILES string of the molecule is CCCCCCCC/C=C\CCC[C@H](O)CC(=O)O[C@H](CC(=O)O)C[N+](C)(C)C. The molecule has 0 aliphatic rings. The number of carbonyl (C=O) groups excluding carboxylic acids is 1. The number of unbranched alkanes of at least 4 members (excludes halogenated alkanes) is 7. The minimum atomic E-state index is -0.996. The van der Waals surface area contributed by atoms with Gasteiger partial charge in [-0.05, 0) is 32.1 Å². The molecule has 0 aliphatic carbocycles. The van der Waals surface area contributed by atoms with Gasteiger partial charge in [-0.15, -0.1) is 0 Å². The molecule has 0 aliphatic heterocycles. The first-order valence-electron chi connectivity index (χ1n) is 11.2. The average Bonchev–Trinajstić information content (AvgIpc) is 2.57. The van der Waals surface area contributed by atoms with Gasteiger partial charge in [0.05, 0.1) is 40.1 Å². The monoisotopic (exact) mass is 414 g/mol. The van der Waals surface area contributed by atoms with Gasteiger partial charge in [0.25, 0.3) is 0 Å². The zero-order chi connectivity index (χ0) is 22.1. The van der Waals surface area contributed by atoms with Gasteiger partial charge in [0.2, 0.25) is 0 Å². The first-order valence-corrected chi connectivity index (χ1v) is 11.2. The highest BCUT2D eigenvalue weighted by Gasteiger charge is 2.25. The summed E-state index contributed by atoms with van der Waals surface area (Å²) in [6, 6.07) is 0. The standard InChI is InChI=1S/C23H43NO5/c1-5-6-7-8-9-10-11-12-13-14-15-16-20(25)17-23(28)29-21(18-22(26)27)19-24(2,3)4/h12-13,20-21,25H,5-11,14-19H2,1-4H3/p+1/b13-12-/t20-,21+/m0/s1. The molecule has 29 heavy (non-hydrogen) atoms. The summed E-state index contributed by atoms with van der Waals surface area (Å²) in [6.45, 7) is 2.64. The Morgan fingerprint density at radius 3 is 2.10 bits per heavy atom. The van der Waals surface area contributed by atoms with E-state index in [-0.39, 0.29) is 12.8 Å². The average molecular weight is 415 g/mol. The maximum atomic E-state index is 12.0. The quantitative estimate of drug-likeness (QED) is 0.151. The summed E-state index contributed by atoms with van der Waals surface area (Å²) in [6.07, 6.45) is 13.8. The molecule has 0 heterocycles. The fraction of sp³-hybridized carbons (Fsp3) is 0.826. The number of quaternary nitrogens is 1. The Hall–Kier alpha value is -1.40. The van der Waals surface area contributed by atoms with E-state index in [9.17, 15) is 14.7 Å². The number of ether oxygens (including phenoxy) is 1. The fourth-order valence-corrected chi connectivity index (χ4v) is 3.23. The molecule has 170 valence electrons. The van der Waals surface area contributed by atoms with E-state index in [0.717, 1.165) is 19.3 Å². The summed E-state index contributed by atoms with van der Waals surface area (Å²) >= 11 is 0. The van der Waals surface area contributed by atoms with Gasteiger partial charge in [-0.25, -0.2) is 0 Å². The van der Waals surface area contributed by atoms with E-state index in [0.29, 0.717) is 17.4 Å². The molecule has 0 aromatic carbocycles. The highest BCUT2D eigenvalue weighted by Crippen LogP contribution is 2.11. The van der Waals surface area contributed by atoms with Crippen LogP contribution in [0.15, 0.2) is 12.2 Å². The number of aliphatic hydroxyl groups excluding tert-OH is 1. The molecule has 0 bridgehead atoms. The molecule has 2 atom stereocenters. The number of hydrogen-bond donors (Lipinski definition) is 2. The number of likely N-dealkylation sites (N-methyl/N-ethyl adjacent to an activating group) is 1. The molecule has 0 unspecified atom stereocenters. The number of carbonyl (C=O) groups is 2. The molecule has 0 radical (unpaired) electrons. The normalized spacial score (nSPS) is 14.1. The van der Waals surface area contributed by atoms with Crippen LogP contribution < -0.4 is 0 Å². The van der Waals surface area contributed by atoms with Crippen LogP contribution in [0.1, 0.15) is 84.0 Å². The first-order chi connectivity index (χ1) is 13.6. The fourth-order valence-electron chi connectivity index (χ4n) is 3.23. The van der Waals surface area contributed by atoms with E-state index in [2.05, 4.69) is 19.1 Å². The molecular formula is C23H44NO5+. The Bertz CT molecular complexity index is 470. The maximum Gasteiger partial charge on any atom is 0.308 e. The molecule has 2 N–H and O–H groups in total. The second kappa shape index (κ2) is 16.4. The van der Waals surface area contributed by atoms with Crippen LogP contribution in [0.25, 0.3) is 0 Å². The highest BCUT2D eigenvalue weighted by atomic mass is 16.5. The lowest BCUT2D eigenvalue weighted by atomic mass is 10.1. The van der Waals surface area contributed by atoms with E-state index in [4.69, 9.17) is 9.84 Å². The van der Waals surface area contributed by atoms with Crippen molar-refractivity contribution >= 4 is 11.9 Å². The van der Waals surface area contributed by atoms with E-state index in [1.54, 1.807) is 0 Å². The third-order valence-corrected chi connectivity index (χ3v) is 4.65. The number of aliphatic hydroxyl groups is 1. The molecule has 0 fully saturated rings. The first kappa shape index (κ1) is 27.6. The Labute approximate surface area is 177 Å². The molecular weight excluding hydrogens is 370 g/mol. The molecule has 6 heteroatoms. The third kappa shape index (κ3) is 19.7. The van der Waals surface area contributed by atoms with Crippen LogP contribution in [-0.4, -0.2) is 66.5 Å². The topological polar surface area (TPSA) is 83.8 Å². The summed E-state index contributed by atoms with van der Waals surface area (Å²) in [5, 5.41) is 19.0. The third-order valence-electron chi connectivity index (χ3n) is 4.65. The lowest BCUT2D eigenvalue weighted by molar-refractivity contribution is -0.873. The van der Waals surface area contributed by atoms with Crippen molar-refractivity contribution in [2.24, 2.45) is 0 Å². The van der Waals surface area contributed by atoms with Crippen LogP contribution in [0, 0.1) is 0 Å². The maximum absolute atomic E-state index is 12.0. The lowest BCUT2D eigenvalue weighted by Gasteiger charge is -2.28. The van der Waals surface area contributed by atoms with Crippen LogP contribution in [0.3, 0.4) is 0 Å². The van der Waals surface area contributed by atoms with Crippen LogP contribution >= 0.6 is 0 Å². The Balaban J connectivity index is 3.94. The van der Waals surface area contributed by atoms with E-state index in [1.165, 1.54) is 38.5 Å². The van der Waals surface area contributed by atoms with Crippen LogP contribution in [-0.2, 0) is 14.3 Å². The van der Waals surface area contributed by atoms with Gasteiger partial charge in [0.1, 0.15) is 6.54 Å². The number of esters is 1. The van der Waals surface area contributed by atoms with Crippen molar-refractivity contribution in [1.29, 1.82) is 0 Å². The number of carboxylic acid groups (broad SMARTS) is 1. The molecule has 0 spiro atoms. The van der Waals surface area contributed by atoms with Gasteiger partial charge < -0.3 is 19.4 Å². The van der Waals surface area contributed by atoms with Crippen molar-refractivity contribution < 1.29 is 29.0 Å². The summed E-state index contributed by atoms with van der Waals surface area (Å²) in [7, 11) is 5.74. The molecule has 0 saturated carbocycles. The van der Waals surface area contributed by atoms with Crippen molar-refractivity contribution in [2.75, 3.05) is 27.7 Å². The molecule has 0 aromatic heterocycles. The number of nitrogens with zero attached hydrogens (tertiary/aromatic N) is 1. The van der Waals surface area contributed by atoms with E-state index < -0.39 is 24.1 Å². The molecule has 0 saturated heterocycles. The molecule has 0 rings (SSSR count). The van der Waals surface area contributed by atoms with Gasteiger partial charge in [0, 0.05) is 0 Å². The number of allylic oxidation sites excluding steroid dienone is 2. The molecule has 0 aromatic rings. The van der Waals surface area contributed by atoms with Crippen LogP contribution in [0.5, 0.6) is 0 Å². The molecule has 6 nitrogen and oxygen atoms in total. The van der Waals surface area contributed by atoms with Crippen molar-refractivity contribution in [3.8, 4) is 0 Å². The van der Waals surface area contributed by atoms with Gasteiger partial charge in [-0.3, -0.25) is 9.59 Å². The zero-order valence-electron chi connectivity index (χ0n) is 19.1. The minimum absolute atomic E-state index is 0.0886. The largest absolute Gasteiger partial charge is 0.481 e. The second-order valence-electron chi connectivity index (χ2n) is 9.00. The Kier molecular flexibility index (Phi) is 15.6. The lowest BCUT2D eigenvalue weighted by Crippen LogP contribution is -2.44. The van der Waals surface area contributed by atoms with E-state index in [1.807, 2.05) is 21.1 Å². The Morgan fingerprint density at radius 2 is 1.52 bits per heavy atom. The summed E-state index contributed by atoms with van der Waals surface area (Å²) in [4.78, 5) is 23.0. The highest BCUT2D eigenvalue weighted by molar-refractivity contribution is 5.71. The van der Waals surface area contributed by atoms with Crippen LogP contribution in [0.2, 0.25) is 0 Å². The zero-order valence-corrected chi connectivity index (χ0v) is 19.1. The van der Waals surface area contributed by atoms with Crippen molar-refractivity contribution in [3.05, 3.63) is 12.2 Å². The summed E-state index contributed by atoms with van der Waals surface area (Å²) < 4.78 is 5.80. The Morgan fingerprint density at radius 1 is 0.931 bits per heavy atom. The van der Waals surface area contributed by atoms with Gasteiger partial charge in [0.15, 0.2) is 6.10 Å². The van der Waals surface area contributed by atoms with Gasteiger partial charge >= 0.3 is 11.9 Å². The second-order valence-corrected chi connectivity index (χ2v) is 9.00.